The highest BCUT2D eigenvalue weighted by Crippen LogP contribution is 2.41. The minimum atomic E-state index is -3.76. The summed E-state index contributed by atoms with van der Waals surface area (Å²) in [6.07, 6.45) is 0.421. The molecular formula is C24H19N3O4S. The van der Waals surface area contributed by atoms with Crippen LogP contribution in [0.15, 0.2) is 77.7 Å². The molecule has 0 amide bonds. The van der Waals surface area contributed by atoms with E-state index in [1.165, 1.54) is 0 Å². The van der Waals surface area contributed by atoms with Crippen LogP contribution in [0.3, 0.4) is 0 Å². The zero-order valence-electron chi connectivity index (χ0n) is 17.1. The molecule has 0 spiro atoms. The molecule has 32 heavy (non-hydrogen) atoms. The number of para-hydroxylation sites is 1. The minimum absolute atomic E-state index is 0.00170. The second kappa shape index (κ2) is 7.35. The number of benzene rings is 3. The number of nitrogens with one attached hydrogen (secondary N) is 1. The third kappa shape index (κ3) is 3.34. The summed E-state index contributed by atoms with van der Waals surface area (Å²) in [6, 6.07) is 21.1. The highest BCUT2D eigenvalue weighted by Gasteiger charge is 2.31. The van der Waals surface area contributed by atoms with Gasteiger partial charge in [0.25, 0.3) is 10.0 Å². The van der Waals surface area contributed by atoms with E-state index in [0.29, 0.717) is 23.4 Å². The fraction of sp³-hybridized carbons (Fsp3) is 0.0833. The van der Waals surface area contributed by atoms with Crippen molar-refractivity contribution in [3.05, 3.63) is 95.2 Å². The number of aromatic nitrogens is 2. The molecule has 160 valence electrons. The van der Waals surface area contributed by atoms with Crippen LogP contribution in [0.1, 0.15) is 27.2 Å². The summed E-state index contributed by atoms with van der Waals surface area (Å²) in [5.41, 5.74) is 5.06. The van der Waals surface area contributed by atoms with Crippen LogP contribution in [0.5, 0.6) is 0 Å². The first-order valence-electron chi connectivity index (χ1n) is 9.97. The van der Waals surface area contributed by atoms with E-state index in [1.807, 2.05) is 43.3 Å². The van der Waals surface area contributed by atoms with Gasteiger partial charge in [0.15, 0.2) is 5.69 Å². The van der Waals surface area contributed by atoms with Gasteiger partial charge in [0.2, 0.25) is 0 Å². The monoisotopic (exact) mass is 445 g/mol. The third-order valence-corrected chi connectivity index (χ3v) is 6.90. The number of hydrogen-bond acceptors (Lipinski definition) is 4. The first-order chi connectivity index (χ1) is 15.3. The van der Waals surface area contributed by atoms with Crippen molar-refractivity contribution in [3.63, 3.8) is 0 Å². The third-order valence-electron chi connectivity index (χ3n) is 5.50. The van der Waals surface area contributed by atoms with Gasteiger partial charge >= 0.3 is 5.97 Å². The Balaban J connectivity index is 1.59. The summed E-state index contributed by atoms with van der Waals surface area (Å²) in [6.45, 7) is 1.89. The van der Waals surface area contributed by atoms with E-state index in [2.05, 4.69) is 9.82 Å². The topological polar surface area (TPSA) is 101 Å². The molecule has 0 aliphatic heterocycles. The van der Waals surface area contributed by atoms with Crippen molar-refractivity contribution < 1.29 is 18.3 Å². The summed E-state index contributed by atoms with van der Waals surface area (Å²) in [7, 11) is -3.76. The van der Waals surface area contributed by atoms with Crippen molar-refractivity contribution >= 4 is 21.7 Å². The molecule has 0 bridgehead atoms. The molecule has 1 aliphatic carbocycles. The summed E-state index contributed by atoms with van der Waals surface area (Å²) in [4.78, 5) is 12.0. The standard InChI is InChI=1S/C24H19N3O4S/c1-15-7-11-19(12-8-15)32(30,31)26-17-10-9-16-13-21-22(24(28)29)25-27(23(21)20(16)14-17)18-5-3-2-4-6-18/h2-12,14,26H,13H2,1H3,(H,28,29). The lowest BCUT2D eigenvalue weighted by Gasteiger charge is -2.12. The lowest BCUT2D eigenvalue weighted by molar-refractivity contribution is 0.0689. The molecule has 0 unspecified atom stereocenters. The Bertz CT molecular complexity index is 1460. The van der Waals surface area contributed by atoms with Crippen LogP contribution in [0.4, 0.5) is 5.69 Å². The van der Waals surface area contributed by atoms with E-state index in [-0.39, 0.29) is 10.6 Å². The molecule has 2 N–H and O–H groups in total. The highest BCUT2D eigenvalue weighted by molar-refractivity contribution is 7.92. The smallest absolute Gasteiger partial charge is 0.356 e. The van der Waals surface area contributed by atoms with Gasteiger partial charge in [0.05, 0.1) is 16.3 Å². The number of aryl methyl sites for hydroxylation is 1. The summed E-state index contributed by atoms with van der Waals surface area (Å²) >= 11 is 0. The number of sulfonamides is 1. The molecule has 0 fully saturated rings. The average Bonchev–Trinajstić information content (AvgIpc) is 3.32. The van der Waals surface area contributed by atoms with Crippen molar-refractivity contribution in [1.82, 2.24) is 9.78 Å². The molecule has 4 aromatic rings. The Kier molecular flexibility index (Phi) is 4.60. The van der Waals surface area contributed by atoms with Crippen LogP contribution in [0, 0.1) is 6.92 Å². The fourth-order valence-corrected chi connectivity index (χ4v) is 5.01. The Morgan fingerprint density at radius 2 is 1.75 bits per heavy atom. The van der Waals surface area contributed by atoms with E-state index in [1.54, 1.807) is 41.1 Å². The molecule has 1 heterocycles. The van der Waals surface area contributed by atoms with E-state index >= 15 is 0 Å². The number of aromatic carboxylic acids is 1. The lowest BCUT2D eigenvalue weighted by atomic mass is 10.1. The number of carbonyl (C=O) groups is 1. The van der Waals surface area contributed by atoms with Crippen molar-refractivity contribution in [2.24, 2.45) is 0 Å². The van der Waals surface area contributed by atoms with Gasteiger partial charge in [-0.25, -0.2) is 17.9 Å². The molecule has 0 saturated heterocycles. The lowest BCUT2D eigenvalue weighted by Crippen LogP contribution is -2.13. The largest absolute Gasteiger partial charge is 0.476 e. The predicted octanol–water partition coefficient (Wildman–Crippen LogP) is 4.25. The van der Waals surface area contributed by atoms with Gasteiger partial charge in [-0.05, 0) is 48.9 Å². The molecule has 0 radical (unpaired) electrons. The molecule has 1 aliphatic rings. The van der Waals surface area contributed by atoms with Crippen LogP contribution < -0.4 is 4.72 Å². The zero-order valence-corrected chi connectivity index (χ0v) is 17.9. The Morgan fingerprint density at radius 3 is 2.44 bits per heavy atom. The first kappa shape index (κ1) is 20.0. The Labute approximate surface area is 185 Å². The van der Waals surface area contributed by atoms with Gasteiger partial charge in [-0.3, -0.25) is 4.72 Å². The molecule has 0 atom stereocenters. The normalized spacial score (nSPS) is 12.3. The second-order valence-corrected chi connectivity index (χ2v) is 9.38. The quantitative estimate of drug-likeness (QED) is 0.421. The van der Waals surface area contributed by atoms with Crippen LogP contribution in [-0.4, -0.2) is 29.3 Å². The average molecular weight is 446 g/mol. The summed E-state index contributed by atoms with van der Waals surface area (Å²) in [5, 5.41) is 14.0. The van der Waals surface area contributed by atoms with Crippen molar-refractivity contribution in [2.45, 2.75) is 18.2 Å². The number of hydrogen-bond donors (Lipinski definition) is 2. The number of carboxylic acid groups (broad SMARTS) is 1. The van der Waals surface area contributed by atoms with Crippen LogP contribution >= 0.6 is 0 Å². The van der Waals surface area contributed by atoms with E-state index in [9.17, 15) is 18.3 Å². The SMILES string of the molecule is Cc1ccc(S(=O)(=O)Nc2ccc3c(c2)-c2c(c(C(=O)O)nn2-c2ccccc2)C3)cc1. The van der Waals surface area contributed by atoms with Crippen LogP contribution in [0.2, 0.25) is 0 Å². The Morgan fingerprint density at radius 1 is 1.03 bits per heavy atom. The van der Waals surface area contributed by atoms with Crippen LogP contribution in [-0.2, 0) is 16.4 Å². The van der Waals surface area contributed by atoms with Crippen LogP contribution in [0.25, 0.3) is 16.9 Å². The maximum absolute atomic E-state index is 12.8. The van der Waals surface area contributed by atoms with E-state index < -0.39 is 16.0 Å². The number of carboxylic acids is 1. The predicted molar refractivity (Wildman–Crippen MR) is 121 cm³/mol. The Hall–Kier alpha value is -3.91. The molecule has 1 aromatic heterocycles. The second-order valence-electron chi connectivity index (χ2n) is 7.70. The molecule has 7 nitrogen and oxygen atoms in total. The molecule has 8 heteroatoms. The van der Waals surface area contributed by atoms with Gasteiger partial charge in [-0.2, -0.15) is 5.10 Å². The van der Waals surface area contributed by atoms with Gasteiger partial charge in [-0.15, -0.1) is 0 Å². The van der Waals surface area contributed by atoms with Gasteiger partial charge in [-0.1, -0.05) is 42.0 Å². The maximum Gasteiger partial charge on any atom is 0.356 e. The molecule has 0 saturated carbocycles. The van der Waals surface area contributed by atoms with Crippen molar-refractivity contribution in [2.75, 3.05) is 4.72 Å². The number of fused-ring (bicyclic) bond motifs is 3. The van der Waals surface area contributed by atoms with Crippen molar-refractivity contribution in [3.8, 4) is 16.9 Å². The molecule has 3 aromatic carbocycles. The maximum atomic E-state index is 12.8. The molecule has 5 rings (SSSR count). The number of anilines is 1. The van der Waals surface area contributed by atoms with E-state index in [0.717, 1.165) is 22.4 Å². The molecular weight excluding hydrogens is 426 g/mol. The van der Waals surface area contributed by atoms with Gasteiger partial charge in [0, 0.05) is 23.2 Å². The highest BCUT2D eigenvalue weighted by atomic mass is 32.2. The first-order valence-corrected chi connectivity index (χ1v) is 11.5. The van der Waals surface area contributed by atoms with Gasteiger partial charge in [0.1, 0.15) is 0 Å². The minimum Gasteiger partial charge on any atom is -0.476 e. The zero-order chi connectivity index (χ0) is 22.5. The van der Waals surface area contributed by atoms with Gasteiger partial charge < -0.3 is 5.11 Å². The summed E-state index contributed by atoms with van der Waals surface area (Å²) in [5.74, 6) is -1.09. The van der Waals surface area contributed by atoms with Crippen molar-refractivity contribution in [1.29, 1.82) is 0 Å². The number of rotatable bonds is 5. The summed E-state index contributed by atoms with van der Waals surface area (Å²) < 4.78 is 29.9. The van der Waals surface area contributed by atoms with E-state index in [4.69, 9.17) is 0 Å². The fourth-order valence-electron chi connectivity index (χ4n) is 3.96. The number of nitrogens with zero attached hydrogens (tertiary/aromatic N) is 2.